The summed E-state index contributed by atoms with van der Waals surface area (Å²) in [6, 6.07) is 5.21. The Hall–Kier alpha value is -1.21. The predicted molar refractivity (Wildman–Crippen MR) is 76.9 cm³/mol. The first-order chi connectivity index (χ1) is 9.17. The molecule has 19 heavy (non-hydrogen) atoms. The van der Waals surface area contributed by atoms with Gasteiger partial charge in [-0.3, -0.25) is 10.8 Å². The summed E-state index contributed by atoms with van der Waals surface area (Å²) in [7, 11) is 1.54. The smallest absolute Gasteiger partial charge is 0.237 e. The maximum Gasteiger partial charge on any atom is 0.237 e. The van der Waals surface area contributed by atoms with Crippen LogP contribution >= 0.6 is 27.5 Å². The second-order valence-electron chi connectivity index (χ2n) is 3.72. The zero-order valence-electron chi connectivity index (χ0n) is 10.1. The van der Waals surface area contributed by atoms with E-state index in [9.17, 15) is 0 Å². The van der Waals surface area contributed by atoms with Gasteiger partial charge in [-0.2, -0.15) is 0 Å². The number of hydrazine groups is 1. The molecule has 7 heteroatoms. The van der Waals surface area contributed by atoms with Crippen LogP contribution < -0.4 is 16.0 Å². The summed E-state index contributed by atoms with van der Waals surface area (Å²) in [5.74, 6) is 6.04. The van der Waals surface area contributed by atoms with Crippen LogP contribution in [0.15, 0.2) is 35.1 Å². The second-order valence-corrected chi connectivity index (χ2v) is 4.99. The number of benzene rings is 1. The third kappa shape index (κ3) is 3.03. The van der Waals surface area contributed by atoms with Crippen molar-refractivity contribution in [2.75, 3.05) is 7.11 Å². The number of aromatic nitrogens is 2. The van der Waals surface area contributed by atoms with Gasteiger partial charge in [-0.05, 0) is 33.6 Å². The molecule has 1 heterocycles. The minimum Gasteiger partial charge on any atom is -0.480 e. The van der Waals surface area contributed by atoms with Gasteiger partial charge in [0.25, 0.3) is 0 Å². The Bertz CT molecular complexity index is 581. The molecule has 1 atom stereocenters. The summed E-state index contributed by atoms with van der Waals surface area (Å²) < 4.78 is 6.01. The van der Waals surface area contributed by atoms with Crippen molar-refractivity contribution in [2.24, 2.45) is 5.84 Å². The number of ether oxygens (including phenoxy) is 1. The molecule has 1 aromatic carbocycles. The van der Waals surface area contributed by atoms with Crippen molar-refractivity contribution >= 4 is 27.5 Å². The highest BCUT2D eigenvalue weighted by Crippen LogP contribution is 2.30. The molecule has 0 saturated heterocycles. The van der Waals surface area contributed by atoms with E-state index in [-0.39, 0.29) is 6.04 Å². The molecule has 2 aromatic rings. The van der Waals surface area contributed by atoms with Gasteiger partial charge < -0.3 is 4.74 Å². The zero-order chi connectivity index (χ0) is 13.8. The fourth-order valence-electron chi connectivity index (χ4n) is 1.72. The molecule has 100 valence electrons. The van der Waals surface area contributed by atoms with Crippen LogP contribution in [0.25, 0.3) is 0 Å². The molecular formula is C12H12BrClN4O. The zero-order valence-corrected chi connectivity index (χ0v) is 12.4. The van der Waals surface area contributed by atoms with Crippen LogP contribution in [-0.4, -0.2) is 17.1 Å². The molecule has 1 unspecified atom stereocenters. The van der Waals surface area contributed by atoms with E-state index < -0.39 is 0 Å². The van der Waals surface area contributed by atoms with Crippen LogP contribution in [0.2, 0.25) is 5.02 Å². The van der Waals surface area contributed by atoms with Crippen LogP contribution in [-0.2, 0) is 0 Å². The predicted octanol–water partition coefficient (Wildman–Crippen LogP) is 2.45. The molecule has 0 aliphatic rings. The van der Waals surface area contributed by atoms with Crippen LogP contribution in [0, 0.1) is 0 Å². The van der Waals surface area contributed by atoms with Crippen LogP contribution in [0.1, 0.15) is 17.3 Å². The van der Waals surface area contributed by atoms with E-state index in [1.807, 2.05) is 18.2 Å². The molecule has 0 aliphatic carbocycles. The van der Waals surface area contributed by atoms with E-state index in [0.29, 0.717) is 16.6 Å². The fraction of sp³-hybridized carbons (Fsp3) is 0.167. The Morgan fingerprint density at radius 3 is 2.74 bits per heavy atom. The maximum atomic E-state index is 6.09. The number of rotatable bonds is 4. The van der Waals surface area contributed by atoms with Gasteiger partial charge in [0.1, 0.15) is 5.69 Å². The van der Waals surface area contributed by atoms with Gasteiger partial charge >= 0.3 is 0 Å². The van der Waals surface area contributed by atoms with Gasteiger partial charge in [0.05, 0.1) is 18.2 Å². The highest BCUT2D eigenvalue weighted by Gasteiger charge is 2.20. The third-order valence-electron chi connectivity index (χ3n) is 2.60. The molecule has 3 N–H and O–H groups in total. The van der Waals surface area contributed by atoms with Crippen molar-refractivity contribution in [3.63, 3.8) is 0 Å². The van der Waals surface area contributed by atoms with Crippen LogP contribution in [0.3, 0.4) is 0 Å². The number of nitrogens with zero attached hydrogens (tertiary/aromatic N) is 2. The number of nitrogens with two attached hydrogens (primary N) is 1. The van der Waals surface area contributed by atoms with Crippen molar-refractivity contribution in [3.05, 3.63) is 51.3 Å². The molecule has 0 saturated carbocycles. The summed E-state index contributed by atoms with van der Waals surface area (Å²) in [6.45, 7) is 0. The van der Waals surface area contributed by atoms with Crippen LogP contribution in [0.5, 0.6) is 5.88 Å². The normalized spacial score (nSPS) is 12.2. The first kappa shape index (κ1) is 14.2. The minimum absolute atomic E-state index is 0.353. The third-order valence-corrected chi connectivity index (χ3v) is 3.83. The molecule has 2 rings (SSSR count). The van der Waals surface area contributed by atoms with Crippen LogP contribution in [0.4, 0.5) is 0 Å². The quantitative estimate of drug-likeness (QED) is 0.659. The number of methoxy groups -OCH3 is 1. The van der Waals surface area contributed by atoms with Crippen molar-refractivity contribution in [2.45, 2.75) is 6.04 Å². The Kier molecular flexibility index (Phi) is 4.71. The van der Waals surface area contributed by atoms with E-state index in [2.05, 4.69) is 31.3 Å². The molecule has 0 amide bonds. The Balaban J connectivity index is 2.46. The molecule has 0 fully saturated rings. The standard InChI is InChI=1S/C12H12BrClN4O/c1-19-12-11(16-4-5-17-12)10(18-15)7-2-3-8(13)9(14)6-7/h2-6,10,18H,15H2,1H3. The molecule has 0 spiro atoms. The van der Waals surface area contributed by atoms with E-state index in [4.69, 9.17) is 22.2 Å². The first-order valence-electron chi connectivity index (χ1n) is 5.43. The van der Waals surface area contributed by atoms with E-state index in [0.717, 1.165) is 10.0 Å². The van der Waals surface area contributed by atoms with Crippen molar-refractivity contribution in [3.8, 4) is 5.88 Å². The SMILES string of the molecule is COc1nccnc1C(NN)c1ccc(Br)c(Cl)c1. The number of hydrogen-bond donors (Lipinski definition) is 2. The summed E-state index contributed by atoms with van der Waals surface area (Å²) >= 11 is 9.44. The van der Waals surface area contributed by atoms with Gasteiger partial charge in [-0.25, -0.2) is 10.4 Å². The lowest BCUT2D eigenvalue weighted by molar-refractivity contribution is 0.383. The lowest BCUT2D eigenvalue weighted by Gasteiger charge is -2.17. The van der Waals surface area contributed by atoms with Gasteiger partial charge in [-0.15, -0.1) is 0 Å². The molecule has 1 aromatic heterocycles. The molecule has 0 radical (unpaired) electrons. The van der Waals surface area contributed by atoms with Gasteiger partial charge in [0, 0.05) is 16.9 Å². The first-order valence-corrected chi connectivity index (χ1v) is 6.60. The van der Waals surface area contributed by atoms with Crippen molar-refractivity contribution in [1.29, 1.82) is 0 Å². The van der Waals surface area contributed by atoms with Crippen molar-refractivity contribution in [1.82, 2.24) is 15.4 Å². The lowest BCUT2D eigenvalue weighted by atomic mass is 10.0. The highest BCUT2D eigenvalue weighted by atomic mass is 79.9. The Morgan fingerprint density at radius 2 is 2.11 bits per heavy atom. The second kappa shape index (κ2) is 6.29. The summed E-state index contributed by atoms with van der Waals surface area (Å²) in [6.07, 6.45) is 3.15. The van der Waals surface area contributed by atoms with E-state index in [1.165, 1.54) is 7.11 Å². The molecule has 0 aliphatic heterocycles. The van der Waals surface area contributed by atoms with E-state index in [1.54, 1.807) is 12.4 Å². The monoisotopic (exact) mass is 342 g/mol. The summed E-state index contributed by atoms with van der Waals surface area (Å²) in [5, 5.41) is 0.598. The Labute approximate surface area is 124 Å². The summed E-state index contributed by atoms with van der Waals surface area (Å²) in [4.78, 5) is 8.37. The van der Waals surface area contributed by atoms with Gasteiger partial charge in [0.2, 0.25) is 5.88 Å². The van der Waals surface area contributed by atoms with Gasteiger partial charge in [-0.1, -0.05) is 17.7 Å². The average molecular weight is 344 g/mol. The number of halogens is 2. The maximum absolute atomic E-state index is 6.09. The highest BCUT2D eigenvalue weighted by molar-refractivity contribution is 9.10. The Morgan fingerprint density at radius 1 is 1.37 bits per heavy atom. The largest absolute Gasteiger partial charge is 0.480 e. The van der Waals surface area contributed by atoms with Gasteiger partial charge in [0.15, 0.2) is 0 Å². The topological polar surface area (TPSA) is 73.1 Å². The number of nitrogens with one attached hydrogen (secondary N) is 1. The summed E-state index contributed by atoms with van der Waals surface area (Å²) in [5.41, 5.74) is 4.17. The molecule has 5 nitrogen and oxygen atoms in total. The molecular weight excluding hydrogens is 332 g/mol. The van der Waals surface area contributed by atoms with Crippen molar-refractivity contribution < 1.29 is 4.74 Å². The average Bonchev–Trinajstić information content (AvgIpc) is 2.44. The lowest BCUT2D eigenvalue weighted by Crippen LogP contribution is -2.30. The van der Waals surface area contributed by atoms with E-state index >= 15 is 0 Å². The molecule has 0 bridgehead atoms. The fourth-order valence-corrected chi connectivity index (χ4v) is 2.15. The minimum atomic E-state index is -0.353. The number of hydrogen-bond acceptors (Lipinski definition) is 5.